The van der Waals surface area contributed by atoms with Crippen LogP contribution in [0.1, 0.15) is 40.2 Å². The van der Waals surface area contributed by atoms with Gasteiger partial charge in [0.05, 0.1) is 16.8 Å². The molecule has 0 spiro atoms. The minimum Gasteiger partial charge on any atom is -0.444 e. The van der Waals surface area contributed by atoms with Crippen LogP contribution in [-0.4, -0.2) is 26.6 Å². The number of ether oxygens (including phenoxy) is 1. The fraction of sp³-hybridized carbons (Fsp3) is 0.333. The third kappa shape index (κ3) is 4.28. The van der Waals surface area contributed by atoms with E-state index in [1.54, 1.807) is 18.5 Å². The van der Waals surface area contributed by atoms with Crippen LogP contribution in [0.2, 0.25) is 0 Å². The van der Waals surface area contributed by atoms with Gasteiger partial charge in [-0.3, -0.25) is 5.32 Å². The van der Waals surface area contributed by atoms with E-state index in [2.05, 4.69) is 10.4 Å². The molecule has 0 saturated heterocycles. The predicted octanol–water partition coefficient (Wildman–Crippen LogP) is 4.60. The summed E-state index contributed by atoms with van der Waals surface area (Å²) in [5, 5.41) is 18.5. The summed E-state index contributed by atoms with van der Waals surface area (Å²) in [6.45, 7) is 8.89. The molecule has 0 aliphatic carbocycles. The lowest BCUT2D eigenvalue weighted by molar-refractivity contribution is 0.0634. The van der Waals surface area contributed by atoms with Gasteiger partial charge in [0.25, 0.3) is 0 Å². The van der Waals surface area contributed by atoms with Crippen LogP contribution in [0.5, 0.6) is 0 Å². The molecule has 0 radical (unpaired) electrons. The average molecular weight is 367 g/mol. The molecule has 2 N–H and O–H groups in total. The molecule has 0 saturated carbocycles. The second kappa shape index (κ2) is 6.70. The maximum absolute atomic E-state index is 12.4. The molecule has 1 amide bonds. The summed E-state index contributed by atoms with van der Waals surface area (Å²) in [7, 11) is 0. The number of carbonyl (C=O) groups excluding carboxylic acids is 1. The highest BCUT2D eigenvalue weighted by atomic mass is 16.6. The number of benzene rings is 2. The Kier molecular flexibility index (Phi) is 4.70. The van der Waals surface area contributed by atoms with Gasteiger partial charge in [-0.25, -0.2) is 9.48 Å². The van der Waals surface area contributed by atoms with Gasteiger partial charge in [0.15, 0.2) is 0 Å². The molecule has 142 valence electrons. The van der Waals surface area contributed by atoms with Crippen LogP contribution in [-0.2, 0) is 10.3 Å². The molecule has 6 heteroatoms. The molecule has 0 atom stereocenters. The number of aromatic nitrogens is 2. The number of anilines is 1. The topological polar surface area (TPSA) is 76.4 Å². The van der Waals surface area contributed by atoms with Gasteiger partial charge in [-0.2, -0.15) is 5.10 Å². The van der Waals surface area contributed by atoms with Crippen LogP contribution in [0, 0.1) is 0 Å². The van der Waals surface area contributed by atoms with E-state index in [-0.39, 0.29) is 0 Å². The lowest BCUT2D eigenvalue weighted by atomic mass is 9.97. The van der Waals surface area contributed by atoms with Crippen molar-refractivity contribution < 1.29 is 14.6 Å². The first-order chi connectivity index (χ1) is 12.5. The summed E-state index contributed by atoms with van der Waals surface area (Å²) in [5.41, 5.74) is 0.639. The van der Waals surface area contributed by atoms with Crippen molar-refractivity contribution in [2.75, 3.05) is 5.32 Å². The molecule has 0 bridgehead atoms. The number of rotatable bonds is 3. The van der Waals surface area contributed by atoms with E-state index in [1.165, 1.54) is 0 Å². The maximum Gasteiger partial charge on any atom is 0.413 e. The zero-order valence-electron chi connectivity index (χ0n) is 16.3. The zero-order valence-corrected chi connectivity index (χ0v) is 16.3. The summed E-state index contributed by atoms with van der Waals surface area (Å²) >= 11 is 0. The minimum absolute atomic E-state index is 0.521. The minimum atomic E-state index is -0.983. The van der Waals surface area contributed by atoms with E-state index < -0.39 is 17.3 Å². The molecule has 3 rings (SSSR count). The smallest absolute Gasteiger partial charge is 0.413 e. The monoisotopic (exact) mass is 367 g/mol. The Hall–Kier alpha value is -2.86. The number of aliphatic hydroxyl groups is 1. The highest BCUT2D eigenvalue weighted by Gasteiger charge is 2.22. The highest BCUT2D eigenvalue weighted by molar-refractivity contribution is 5.98. The van der Waals surface area contributed by atoms with E-state index in [1.807, 2.05) is 69.3 Å². The summed E-state index contributed by atoms with van der Waals surface area (Å²) in [5.74, 6) is 0.521. The normalized spacial score (nSPS) is 12.2. The first-order valence-electron chi connectivity index (χ1n) is 8.86. The van der Waals surface area contributed by atoms with E-state index in [9.17, 15) is 9.90 Å². The highest BCUT2D eigenvalue weighted by Crippen LogP contribution is 2.30. The maximum atomic E-state index is 12.4. The number of amides is 1. The number of nitrogens with one attached hydrogen (secondary N) is 1. The molecule has 1 aromatic heterocycles. The van der Waals surface area contributed by atoms with Crippen molar-refractivity contribution in [2.45, 2.75) is 45.8 Å². The number of fused-ring (bicyclic) bond motifs is 1. The molecular formula is C21H25N3O3. The lowest BCUT2D eigenvalue weighted by Gasteiger charge is -2.20. The molecule has 0 aliphatic heterocycles. The number of hydrogen-bond acceptors (Lipinski definition) is 4. The standard InChI is InChI=1S/C21H25N3O3/c1-20(2,3)27-19(25)22-18-16-12-11-14(21(4,5)26)13-17(16)23-24(18)15-9-7-6-8-10-15/h6-13,26H,1-5H3,(H,22,25). The molecule has 0 unspecified atom stereocenters. The van der Waals surface area contributed by atoms with Crippen LogP contribution in [0.3, 0.4) is 0 Å². The van der Waals surface area contributed by atoms with Gasteiger partial charge >= 0.3 is 6.09 Å². The molecule has 0 fully saturated rings. The Morgan fingerprint density at radius 1 is 1.07 bits per heavy atom. The van der Waals surface area contributed by atoms with Crippen molar-refractivity contribution >= 4 is 22.8 Å². The van der Waals surface area contributed by atoms with Crippen molar-refractivity contribution in [1.29, 1.82) is 0 Å². The van der Waals surface area contributed by atoms with Crippen molar-refractivity contribution in [3.05, 3.63) is 54.1 Å². The van der Waals surface area contributed by atoms with Gasteiger partial charge in [0, 0.05) is 5.39 Å². The second-order valence-corrected chi connectivity index (χ2v) is 8.01. The molecule has 27 heavy (non-hydrogen) atoms. The van der Waals surface area contributed by atoms with Gasteiger partial charge in [0.1, 0.15) is 11.4 Å². The molecule has 2 aromatic carbocycles. The quantitative estimate of drug-likeness (QED) is 0.709. The van der Waals surface area contributed by atoms with Crippen LogP contribution in [0.25, 0.3) is 16.6 Å². The van der Waals surface area contributed by atoms with Crippen molar-refractivity contribution in [3.63, 3.8) is 0 Å². The average Bonchev–Trinajstić information content (AvgIpc) is 2.91. The van der Waals surface area contributed by atoms with E-state index in [4.69, 9.17) is 4.74 Å². The third-order valence-corrected chi connectivity index (χ3v) is 4.00. The largest absolute Gasteiger partial charge is 0.444 e. The molecule has 3 aromatic rings. The summed E-state index contributed by atoms with van der Waals surface area (Å²) < 4.78 is 7.07. The lowest BCUT2D eigenvalue weighted by Crippen LogP contribution is -2.28. The van der Waals surface area contributed by atoms with E-state index in [0.717, 1.165) is 16.6 Å². The van der Waals surface area contributed by atoms with Crippen LogP contribution in [0.15, 0.2) is 48.5 Å². The van der Waals surface area contributed by atoms with Gasteiger partial charge in [-0.15, -0.1) is 0 Å². The molecule has 0 aliphatic rings. The molecular weight excluding hydrogens is 342 g/mol. The third-order valence-electron chi connectivity index (χ3n) is 4.00. The van der Waals surface area contributed by atoms with Crippen molar-refractivity contribution in [3.8, 4) is 5.69 Å². The number of carbonyl (C=O) groups is 1. The summed E-state index contributed by atoms with van der Waals surface area (Å²) in [6.07, 6.45) is -0.548. The van der Waals surface area contributed by atoms with Crippen LogP contribution >= 0.6 is 0 Å². The summed E-state index contributed by atoms with van der Waals surface area (Å²) in [4.78, 5) is 12.4. The van der Waals surface area contributed by atoms with Gasteiger partial charge < -0.3 is 9.84 Å². The molecule has 1 heterocycles. The predicted molar refractivity (Wildman–Crippen MR) is 106 cm³/mol. The Morgan fingerprint density at radius 2 is 1.74 bits per heavy atom. The Bertz CT molecular complexity index is 964. The van der Waals surface area contributed by atoms with Gasteiger partial charge in [-0.05, 0) is 64.4 Å². The second-order valence-electron chi connectivity index (χ2n) is 8.01. The Morgan fingerprint density at radius 3 is 2.33 bits per heavy atom. The zero-order chi connectivity index (χ0) is 19.8. The first-order valence-corrected chi connectivity index (χ1v) is 8.86. The van der Waals surface area contributed by atoms with Crippen LogP contribution < -0.4 is 5.32 Å². The molecule has 6 nitrogen and oxygen atoms in total. The van der Waals surface area contributed by atoms with E-state index in [0.29, 0.717) is 11.3 Å². The fourth-order valence-corrected chi connectivity index (χ4v) is 2.74. The van der Waals surface area contributed by atoms with Crippen molar-refractivity contribution in [2.24, 2.45) is 0 Å². The number of nitrogens with zero attached hydrogens (tertiary/aromatic N) is 2. The SMILES string of the molecule is CC(C)(C)OC(=O)Nc1c2ccc(C(C)(C)O)cc2nn1-c1ccccc1. The van der Waals surface area contributed by atoms with Crippen molar-refractivity contribution in [1.82, 2.24) is 9.78 Å². The van der Waals surface area contributed by atoms with Gasteiger partial charge in [-0.1, -0.05) is 24.3 Å². The van der Waals surface area contributed by atoms with Gasteiger partial charge in [0.2, 0.25) is 0 Å². The first kappa shape index (κ1) is 18.9. The van der Waals surface area contributed by atoms with Crippen LogP contribution in [0.4, 0.5) is 10.6 Å². The fourth-order valence-electron chi connectivity index (χ4n) is 2.74. The summed E-state index contributed by atoms with van der Waals surface area (Å²) in [6, 6.07) is 15.0. The Balaban J connectivity index is 2.12. The van der Waals surface area contributed by atoms with E-state index >= 15 is 0 Å². The number of para-hydroxylation sites is 1. The number of hydrogen-bond donors (Lipinski definition) is 2. The Labute approximate surface area is 158 Å².